The summed E-state index contributed by atoms with van der Waals surface area (Å²) in [5, 5.41) is 5.18. The van der Waals surface area contributed by atoms with E-state index < -0.39 is 0 Å². The van der Waals surface area contributed by atoms with Crippen LogP contribution in [0.1, 0.15) is 51.1 Å². The average Bonchev–Trinajstić information content (AvgIpc) is 3.26. The fraction of sp³-hybridized carbons (Fsp3) is 0.500. The third-order valence-corrected chi connectivity index (χ3v) is 6.19. The van der Waals surface area contributed by atoms with Crippen molar-refractivity contribution < 1.29 is 9.26 Å². The molecule has 5 nitrogen and oxygen atoms in total. The van der Waals surface area contributed by atoms with Crippen LogP contribution in [0.25, 0.3) is 0 Å². The summed E-state index contributed by atoms with van der Waals surface area (Å²) in [5.41, 5.74) is 1.95. The summed E-state index contributed by atoms with van der Waals surface area (Å²) in [5.74, 6) is 2.63. The first-order valence-corrected chi connectivity index (χ1v) is 12.5. The van der Waals surface area contributed by atoms with Gasteiger partial charge in [0.15, 0.2) is 11.6 Å². The van der Waals surface area contributed by atoms with Crippen molar-refractivity contribution in [2.75, 3.05) is 19.9 Å². The first-order valence-electron chi connectivity index (χ1n) is 11.3. The minimum absolute atomic E-state index is 0.173. The standard InChI is InChI=1S/C26H37N3O2S/c1-7-20(4)12-11-15-22-16-23(31-29-22)17-30-18-24(19(2)3)26(32-6)28-25(27-5)21-13-9-8-10-14-21/h8-14,16,19-20,24H,7,15,17-18H2,1-6H3. The van der Waals surface area contributed by atoms with Crippen molar-refractivity contribution in [1.29, 1.82) is 0 Å². The zero-order chi connectivity index (χ0) is 23.3. The van der Waals surface area contributed by atoms with Crippen LogP contribution in [-0.4, -0.2) is 35.9 Å². The SMILES string of the molecule is CCC(C)C=CCc1cc(COCC(C(=NC(=NC)c2ccccc2)SC)C(C)C)on1. The van der Waals surface area contributed by atoms with Gasteiger partial charge in [0.05, 0.1) is 17.3 Å². The molecule has 174 valence electrons. The Kier molecular flexibility index (Phi) is 11.5. The average molecular weight is 456 g/mol. The Bertz CT molecular complexity index is 887. The number of rotatable bonds is 11. The molecule has 32 heavy (non-hydrogen) atoms. The number of hydrogen-bond donors (Lipinski definition) is 0. The second kappa shape index (κ2) is 14.1. The van der Waals surface area contributed by atoms with Crippen molar-refractivity contribution in [2.24, 2.45) is 27.7 Å². The molecule has 0 amide bonds. The van der Waals surface area contributed by atoms with Crippen molar-refractivity contribution in [3.63, 3.8) is 0 Å². The maximum Gasteiger partial charge on any atom is 0.162 e. The topological polar surface area (TPSA) is 60.0 Å². The molecule has 1 heterocycles. The van der Waals surface area contributed by atoms with E-state index in [2.05, 4.69) is 56.3 Å². The highest BCUT2D eigenvalue weighted by molar-refractivity contribution is 8.13. The molecule has 0 saturated carbocycles. The lowest BCUT2D eigenvalue weighted by Gasteiger charge is -2.22. The van der Waals surface area contributed by atoms with E-state index in [1.165, 1.54) is 0 Å². The van der Waals surface area contributed by atoms with Crippen LogP contribution in [0.5, 0.6) is 0 Å². The normalized spacial score (nSPS) is 15.0. The van der Waals surface area contributed by atoms with Gasteiger partial charge in [-0.1, -0.05) is 81.8 Å². The molecule has 0 N–H and O–H groups in total. The number of hydrogen-bond acceptors (Lipinski definition) is 5. The maximum absolute atomic E-state index is 6.03. The Hall–Kier alpha value is -2.18. The highest BCUT2D eigenvalue weighted by Gasteiger charge is 2.21. The molecule has 0 aliphatic carbocycles. The molecule has 1 aromatic heterocycles. The highest BCUT2D eigenvalue weighted by atomic mass is 32.2. The Morgan fingerprint density at radius 3 is 2.59 bits per heavy atom. The lowest BCUT2D eigenvalue weighted by Crippen LogP contribution is -2.24. The second-order valence-electron chi connectivity index (χ2n) is 8.24. The monoisotopic (exact) mass is 455 g/mol. The van der Waals surface area contributed by atoms with E-state index in [4.69, 9.17) is 14.3 Å². The van der Waals surface area contributed by atoms with E-state index in [0.717, 1.165) is 40.7 Å². The smallest absolute Gasteiger partial charge is 0.162 e. The fourth-order valence-corrected chi connectivity index (χ4v) is 3.95. The lowest BCUT2D eigenvalue weighted by molar-refractivity contribution is 0.0777. The molecule has 2 unspecified atom stereocenters. The summed E-state index contributed by atoms with van der Waals surface area (Å²) < 4.78 is 11.5. The third kappa shape index (κ3) is 8.40. The number of aliphatic imine (C=N–C) groups is 2. The van der Waals surface area contributed by atoms with Gasteiger partial charge in [-0.15, -0.1) is 11.8 Å². The molecule has 1 aromatic carbocycles. The van der Waals surface area contributed by atoms with Crippen molar-refractivity contribution in [1.82, 2.24) is 5.16 Å². The Morgan fingerprint density at radius 2 is 1.97 bits per heavy atom. The van der Waals surface area contributed by atoms with E-state index in [0.29, 0.717) is 25.0 Å². The van der Waals surface area contributed by atoms with Crippen LogP contribution in [0.15, 0.2) is 63.1 Å². The molecular formula is C26H37N3O2S. The van der Waals surface area contributed by atoms with E-state index >= 15 is 0 Å². The molecule has 2 atom stereocenters. The van der Waals surface area contributed by atoms with Crippen molar-refractivity contribution in [3.8, 4) is 0 Å². The lowest BCUT2D eigenvalue weighted by atomic mass is 9.98. The van der Waals surface area contributed by atoms with Gasteiger partial charge in [-0.25, -0.2) is 4.99 Å². The number of thioether (sulfide) groups is 1. The van der Waals surface area contributed by atoms with Gasteiger partial charge in [0.25, 0.3) is 0 Å². The Balaban J connectivity index is 1.99. The second-order valence-corrected chi connectivity index (χ2v) is 9.06. The first-order chi connectivity index (χ1) is 15.5. The van der Waals surface area contributed by atoms with E-state index in [9.17, 15) is 0 Å². The van der Waals surface area contributed by atoms with Gasteiger partial charge < -0.3 is 9.26 Å². The molecular weight excluding hydrogens is 418 g/mol. The van der Waals surface area contributed by atoms with Crippen LogP contribution in [0.3, 0.4) is 0 Å². The van der Waals surface area contributed by atoms with Crippen molar-refractivity contribution in [2.45, 2.75) is 47.1 Å². The van der Waals surface area contributed by atoms with Crippen LogP contribution in [-0.2, 0) is 17.8 Å². The third-order valence-electron chi connectivity index (χ3n) is 5.38. The van der Waals surface area contributed by atoms with Crippen molar-refractivity contribution in [3.05, 3.63) is 65.6 Å². The molecule has 0 aliphatic heterocycles. The first kappa shape index (κ1) is 26.1. The molecule has 0 spiro atoms. The van der Waals surface area contributed by atoms with Gasteiger partial charge in [-0.05, 0) is 18.1 Å². The number of nitrogens with zero attached hydrogens (tertiary/aromatic N) is 3. The summed E-state index contributed by atoms with van der Waals surface area (Å²) in [6, 6.07) is 12.0. The number of allylic oxidation sites excluding steroid dienone is 2. The molecule has 0 radical (unpaired) electrons. The molecule has 2 aromatic rings. The van der Waals surface area contributed by atoms with Gasteiger partial charge in [-0.3, -0.25) is 4.99 Å². The van der Waals surface area contributed by atoms with Gasteiger partial charge in [0, 0.05) is 31.0 Å². The number of benzene rings is 1. The minimum Gasteiger partial charge on any atom is -0.373 e. The van der Waals surface area contributed by atoms with E-state index in [1.54, 1.807) is 18.8 Å². The van der Waals surface area contributed by atoms with Gasteiger partial charge in [0.2, 0.25) is 0 Å². The number of ether oxygens (including phenoxy) is 1. The summed E-state index contributed by atoms with van der Waals surface area (Å²) in [7, 11) is 1.78. The van der Waals surface area contributed by atoms with Crippen LogP contribution >= 0.6 is 11.8 Å². The molecule has 0 bridgehead atoms. The quantitative estimate of drug-likeness (QED) is 0.222. The van der Waals surface area contributed by atoms with Crippen LogP contribution in [0.4, 0.5) is 0 Å². The summed E-state index contributed by atoms with van der Waals surface area (Å²) in [6.07, 6.45) is 8.37. The van der Waals surface area contributed by atoms with Gasteiger partial charge >= 0.3 is 0 Å². The highest BCUT2D eigenvalue weighted by Crippen LogP contribution is 2.22. The Morgan fingerprint density at radius 1 is 1.22 bits per heavy atom. The zero-order valence-corrected chi connectivity index (χ0v) is 21.1. The predicted molar refractivity (Wildman–Crippen MR) is 137 cm³/mol. The summed E-state index contributed by atoms with van der Waals surface area (Å²) in [4.78, 5) is 9.30. The number of amidine groups is 1. The molecule has 6 heteroatoms. The minimum atomic E-state index is 0.173. The van der Waals surface area contributed by atoms with E-state index in [-0.39, 0.29) is 5.92 Å². The summed E-state index contributed by atoms with van der Waals surface area (Å²) >= 11 is 1.65. The molecule has 0 fully saturated rings. The van der Waals surface area contributed by atoms with Crippen LogP contribution in [0.2, 0.25) is 0 Å². The van der Waals surface area contributed by atoms with Crippen LogP contribution < -0.4 is 0 Å². The molecule has 0 aliphatic rings. The van der Waals surface area contributed by atoms with Gasteiger partial charge in [0.1, 0.15) is 6.61 Å². The molecule has 0 saturated heterocycles. The fourth-order valence-electron chi connectivity index (χ4n) is 3.13. The van der Waals surface area contributed by atoms with E-state index in [1.807, 2.05) is 36.4 Å². The maximum atomic E-state index is 6.03. The van der Waals surface area contributed by atoms with Crippen LogP contribution in [0, 0.1) is 17.8 Å². The summed E-state index contributed by atoms with van der Waals surface area (Å²) in [6.45, 7) is 9.76. The molecule has 2 rings (SSSR count). The largest absolute Gasteiger partial charge is 0.373 e. The zero-order valence-electron chi connectivity index (χ0n) is 20.2. The van der Waals surface area contributed by atoms with Crippen molar-refractivity contribution >= 4 is 22.6 Å². The van der Waals surface area contributed by atoms with Gasteiger partial charge in [-0.2, -0.15) is 0 Å². The predicted octanol–water partition coefficient (Wildman–Crippen LogP) is 6.45. The number of aromatic nitrogens is 1. The Labute approximate surface area is 197 Å².